The van der Waals surface area contributed by atoms with E-state index in [2.05, 4.69) is 20.6 Å². The maximum absolute atomic E-state index is 14.5. The minimum atomic E-state index is -0.526. The first-order valence-corrected chi connectivity index (χ1v) is 12.4. The number of benzene rings is 1. The van der Waals surface area contributed by atoms with Crippen molar-refractivity contribution in [2.45, 2.75) is 43.6 Å². The van der Waals surface area contributed by atoms with Gasteiger partial charge in [-0.2, -0.15) is 9.78 Å². The van der Waals surface area contributed by atoms with E-state index in [9.17, 15) is 9.18 Å². The zero-order valence-electron chi connectivity index (χ0n) is 19.0. The molecule has 0 amide bonds. The first-order valence-electron chi connectivity index (χ1n) is 11.3. The second-order valence-corrected chi connectivity index (χ2v) is 9.88. The number of nitrogens with zero attached hydrogens (tertiary/aromatic N) is 4. The molecular formula is C24H24FIN6O3. The third kappa shape index (κ3) is 5.09. The molecule has 35 heavy (non-hydrogen) atoms. The molecule has 3 aromatic heterocycles. The van der Waals surface area contributed by atoms with Gasteiger partial charge in [-0.15, -0.1) is 5.10 Å². The predicted octanol–water partition coefficient (Wildman–Crippen LogP) is 4.48. The fourth-order valence-electron chi connectivity index (χ4n) is 4.50. The van der Waals surface area contributed by atoms with Crippen molar-refractivity contribution in [3.8, 4) is 5.75 Å². The van der Waals surface area contributed by atoms with Crippen molar-refractivity contribution in [1.29, 1.82) is 0 Å². The molecule has 182 valence electrons. The van der Waals surface area contributed by atoms with Crippen molar-refractivity contribution in [1.82, 2.24) is 25.0 Å². The number of nitrogens with one attached hydrogen (secondary N) is 2. The van der Waals surface area contributed by atoms with Crippen molar-refractivity contribution >= 4 is 34.2 Å². The molecule has 11 heteroatoms. The van der Waals surface area contributed by atoms with Crippen LogP contribution < -0.4 is 15.8 Å². The normalized spacial score (nSPS) is 20.0. The van der Waals surface area contributed by atoms with Gasteiger partial charge in [-0.1, -0.05) is 12.1 Å². The maximum Gasteiger partial charge on any atom is 0.436 e. The van der Waals surface area contributed by atoms with Crippen LogP contribution >= 0.6 is 22.6 Å². The summed E-state index contributed by atoms with van der Waals surface area (Å²) in [5, 5.41) is 14.4. The van der Waals surface area contributed by atoms with Crippen LogP contribution in [-0.2, 0) is 18.9 Å². The summed E-state index contributed by atoms with van der Waals surface area (Å²) in [6, 6.07) is 12.7. The average molecular weight is 590 g/mol. The molecule has 0 unspecified atom stereocenters. The molecule has 4 aromatic rings. The molecule has 1 aliphatic carbocycles. The summed E-state index contributed by atoms with van der Waals surface area (Å²) < 4.78 is 27.8. The summed E-state index contributed by atoms with van der Waals surface area (Å²) in [6.45, 7) is 0. The Bertz CT molecular complexity index is 1360. The van der Waals surface area contributed by atoms with E-state index in [0.717, 1.165) is 5.69 Å². The smallest absolute Gasteiger partial charge is 0.436 e. The van der Waals surface area contributed by atoms with Gasteiger partial charge in [0.15, 0.2) is 17.4 Å². The fraction of sp³-hybridized carbons (Fsp3) is 0.333. The van der Waals surface area contributed by atoms with Gasteiger partial charge in [0, 0.05) is 31.4 Å². The predicted molar refractivity (Wildman–Crippen MR) is 135 cm³/mol. The quantitative estimate of drug-likeness (QED) is 0.306. The van der Waals surface area contributed by atoms with Gasteiger partial charge >= 0.3 is 5.76 Å². The molecule has 5 rings (SSSR count). The van der Waals surface area contributed by atoms with E-state index in [1.54, 1.807) is 31.4 Å². The standard InChI is InChI=1S/C24H24FIN6O3/c1-32-23(33)35-22(31-32)24(14-15-4-2-7-19(28-15)29-20-10-13-27-30-20)11-8-16(9-12-24)34-18-6-3-5-17(26)21(18)25/h2-7,10,13,16H,8-9,11-12,14H2,1H3,(H2,27,28,29,30)/t16-,24-. The van der Waals surface area contributed by atoms with Crippen LogP contribution in [0.3, 0.4) is 0 Å². The summed E-state index contributed by atoms with van der Waals surface area (Å²) in [5.74, 6) is 1.15. The number of rotatable bonds is 7. The third-order valence-electron chi connectivity index (χ3n) is 6.33. The topological polar surface area (TPSA) is 111 Å². The molecule has 2 N–H and O–H groups in total. The van der Waals surface area contributed by atoms with Gasteiger partial charge in [0.05, 0.1) is 15.1 Å². The SMILES string of the molecule is Cn1nc([C@]2(Cc3cccc(Nc4cc[nH]n4)n3)CC[C@@H](Oc3cccc(I)c3F)CC2)oc1=O. The molecule has 0 bridgehead atoms. The molecule has 1 aliphatic rings. The highest BCUT2D eigenvalue weighted by Crippen LogP contribution is 2.42. The van der Waals surface area contributed by atoms with Crippen molar-refractivity contribution in [2.24, 2.45) is 7.05 Å². The second-order valence-electron chi connectivity index (χ2n) is 8.72. The molecule has 0 aliphatic heterocycles. The molecular weight excluding hydrogens is 566 g/mol. The van der Waals surface area contributed by atoms with E-state index in [-0.39, 0.29) is 17.7 Å². The monoisotopic (exact) mass is 590 g/mol. The Hall–Kier alpha value is -3.22. The summed E-state index contributed by atoms with van der Waals surface area (Å²) in [7, 11) is 1.57. The van der Waals surface area contributed by atoms with Gasteiger partial charge in [-0.3, -0.25) is 5.10 Å². The van der Waals surface area contributed by atoms with E-state index in [0.29, 0.717) is 53.2 Å². The molecule has 0 spiro atoms. The second kappa shape index (κ2) is 9.80. The Morgan fingerprint density at radius 2 is 2.03 bits per heavy atom. The van der Waals surface area contributed by atoms with Crippen LogP contribution in [0.4, 0.5) is 16.0 Å². The molecule has 0 radical (unpaired) electrons. The average Bonchev–Trinajstić information content (AvgIpc) is 3.48. The van der Waals surface area contributed by atoms with Crippen molar-refractivity contribution < 1.29 is 13.5 Å². The molecule has 1 fully saturated rings. The number of halogens is 2. The summed E-state index contributed by atoms with van der Waals surface area (Å²) >= 11 is 1.96. The van der Waals surface area contributed by atoms with Gasteiger partial charge in [-0.05, 0) is 72.5 Å². The van der Waals surface area contributed by atoms with Crippen LogP contribution in [0.25, 0.3) is 0 Å². The number of aromatic amines is 1. The summed E-state index contributed by atoms with van der Waals surface area (Å²) in [4.78, 5) is 16.9. The summed E-state index contributed by atoms with van der Waals surface area (Å²) in [5.41, 5.74) is 0.309. The number of hydrogen-bond acceptors (Lipinski definition) is 7. The Balaban J connectivity index is 1.37. The zero-order chi connectivity index (χ0) is 24.4. The van der Waals surface area contributed by atoms with Crippen LogP contribution in [0.2, 0.25) is 0 Å². The zero-order valence-corrected chi connectivity index (χ0v) is 21.2. The highest BCUT2D eigenvalue weighted by Gasteiger charge is 2.43. The number of aryl methyl sites for hydroxylation is 1. The van der Waals surface area contributed by atoms with Crippen molar-refractivity contribution in [2.75, 3.05) is 5.32 Å². The largest absolute Gasteiger partial charge is 0.487 e. The number of aromatic nitrogens is 5. The number of ether oxygens (including phenoxy) is 1. The molecule has 0 saturated heterocycles. The molecule has 9 nitrogen and oxygen atoms in total. The first kappa shape index (κ1) is 23.5. The minimum Gasteiger partial charge on any atom is -0.487 e. The van der Waals surface area contributed by atoms with Crippen LogP contribution in [-0.4, -0.2) is 31.1 Å². The fourth-order valence-corrected chi connectivity index (χ4v) is 4.97. The van der Waals surface area contributed by atoms with E-state index < -0.39 is 11.2 Å². The van der Waals surface area contributed by atoms with E-state index in [1.807, 2.05) is 46.9 Å². The molecule has 0 atom stereocenters. The number of hydrogen-bond donors (Lipinski definition) is 2. The lowest BCUT2D eigenvalue weighted by atomic mass is 9.70. The summed E-state index contributed by atoms with van der Waals surface area (Å²) in [6.07, 6.45) is 4.75. The molecule has 3 heterocycles. The highest BCUT2D eigenvalue weighted by molar-refractivity contribution is 14.1. The van der Waals surface area contributed by atoms with Gasteiger partial charge in [0.25, 0.3) is 0 Å². The Morgan fingerprint density at radius 3 is 2.74 bits per heavy atom. The minimum absolute atomic E-state index is 0.146. The highest BCUT2D eigenvalue weighted by atomic mass is 127. The number of pyridine rings is 1. The van der Waals surface area contributed by atoms with Crippen molar-refractivity contribution in [3.63, 3.8) is 0 Å². The first-order chi connectivity index (χ1) is 16.9. The lowest BCUT2D eigenvalue weighted by molar-refractivity contribution is 0.0987. The van der Waals surface area contributed by atoms with Crippen LogP contribution in [0.1, 0.15) is 37.3 Å². The van der Waals surface area contributed by atoms with Crippen LogP contribution in [0.15, 0.2) is 57.9 Å². The lowest BCUT2D eigenvalue weighted by Gasteiger charge is -2.37. The number of H-pyrrole nitrogens is 1. The molecule has 1 aromatic carbocycles. The van der Waals surface area contributed by atoms with E-state index in [1.165, 1.54) is 4.68 Å². The van der Waals surface area contributed by atoms with E-state index >= 15 is 0 Å². The number of anilines is 2. The van der Waals surface area contributed by atoms with Gasteiger partial charge in [0.2, 0.25) is 5.89 Å². The lowest BCUT2D eigenvalue weighted by Crippen LogP contribution is -2.38. The van der Waals surface area contributed by atoms with Gasteiger partial charge < -0.3 is 14.5 Å². The van der Waals surface area contributed by atoms with Crippen LogP contribution in [0.5, 0.6) is 5.75 Å². The molecule has 1 saturated carbocycles. The van der Waals surface area contributed by atoms with E-state index in [4.69, 9.17) is 14.1 Å². The van der Waals surface area contributed by atoms with Gasteiger partial charge in [0.1, 0.15) is 5.82 Å². The Kier molecular flexibility index (Phi) is 6.58. The van der Waals surface area contributed by atoms with Crippen molar-refractivity contribution in [3.05, 3.63) is 80.2 Å². The third-order valence-corrected chi connectivity index (χ3v) is 7.16. The Labute approximate surface area is 214 Å². The van der Waals surface area contributed by atoms with Gasteiger partial charge in [-0.25, -0.2) is 14.2 Å². The maximum atomic E-state index is 14.5. The Morgan fingerprint density at radius 1 is 1.23 bits per heavy atom. The van der Waals surface area contributed by atoms with Crippen LogP contribution in [0, 0.1) is 9.39 Å².